The second kappa shape index (κ2) is 5.21. The Morgan fingerprint density at radius 1 is 1.32 bits per heavy atom. The minimum atomic E-state index is -0.383. The summed E-state index contributed by atoms with van der Waals surface area (Å²) in [5.41, 5.74) is 2.63. The van der Waals surface area contributed by atoms with Gasteiger partial charge in [0.05, 0.1) is 5.52 Å². The van der Waals surface area contributed by atoms with Crippen LogP contribution in [0.15, 0.2) is 27.4 Å². The van der Waals surface area contributed by atoms with E-state index in [1.54, 1.807) is 0 Å². The van der Waals surface area contributed by atoms with Crippen molar-refractivity contribution in [3.05, 3.63) is 34.3 Å². The molecule has 1 heterocycles. The quantitative estimate of drug-likeness (QED) is 0.892. The van der Waals surface area contributed by atoms with E-state index < -0.39 is 0 Å². The van der Waals surface area contributed by atoms with Gasteiger partial charge < -0.3 is 9.73 Å². The number of H-pyrrole nitrogens is 1. The van der Waals surface area contributed by atoms with E-state index in [9.17, 15) is 4.79 Å². The van der Waals surface area contributed by atoms with Crippen molar-refractivity contribution in [3.63, 3.8) is 0 Å². The van der Waals surface area contributed by atoms with Crippen LogP contribution >= 0.6 is 0 Å². The van der Waals surface area contributed by atoms with Crippen LogP contribution in [0.3, 0.4) is 0 Å². The van der Waals surface area contributed by atoms with Gasteiger partial charge in [-0.2, -0.15) is 0 Å². The molecule has 0 amide bonds. The van der Waals surface area contributed by atoms with E-state index in [2.05, 4.69) is 16.4 Å². The molecular weight excluding hydrogens is 240 g/mol. The van der Waals surface area contributed by atoms with Crippen molar-refractivity contribution in [2.24, 2.45) is 5.92 Å². The predicted octanol–water partition coefficient (Wildman–Crippen LogP) is 2.96. The van der Waals surface area contributed by atoms with Crippen molar-refractivity contribution in [1.29, 1.82) is 0 Å². The zero-order valence-electron chi connectivity index (χ0n) is 11.2. The summed E-state index contributed by atoms with van der Waals surface area (Å²) in [5, 5.41) is 3.43. The van der Waals surface area contributed by atoms with Gasteiger partial charge in [-0.15, -0.1) is 0 Å². The molecule has 1 aliphatic carbocycles. The molecule has 1 atom stereocenters. The van der Waals surface area contributed by atoms with Crippen LogP contribution in [0.1, 0.15) is 43.7 Å². The highest BCUT2D eigenvalue weighted by atomic mass is 16.4. The number of aromatic amines is 1. The zero-order valence-corrected chi connectivity index (χ0v) is 11.2. The Morgan fingerprint density at radius 2 is 2.11 bits per heavy atom. The molecule has 0 bridgehead atoms. The van der Waals surface area contributed by atoms with Crippen LogP contribution in [0.4, 0.5) is 0 Å². The molecule has 0 aliphatic heterocycles. The molecule has 0 spiro atoms. The number of benzene rings is 1. The van der Waals surface area contributed by atoms with Crippen LogP contribution in [0.2, 0.25) is 0 Å². The summed E-state index contributed by atoms with van der Waals surface area (Å²) in [6.07, 6.45) is 6.56. The van der Waals surface area contributed by atoms with Gasteiger partial charge >= 0.3 is 5.76 Å². The second-order valence-electron chi connectivity index (χ2n) is 5.43. The fraction of sp³-hybridized carbons (Fsp3) is 0.533. The van der Waals surface area contributed by atoms with E-state index in [0.717, 1.165) is 5.52 Å². The van der Waals surface area contributed by atoms with Crippen LogP contribution in [-0.4, -0.2) is 12.0 Å². The van der Waals surface area contributed by atoms with Crippen molar-refractivity contribution in [3.8, 4) is 0 Å². The van der Waals surface area contributed by atoms with Crippen molar-refractivity contribution in [2.75, 3.05) is 7.05 Å². The third-order valence-electron chi connectivity index (χ3n) is 4.24. The highest BCUT2D eigenvalue weighted by Crippen LogP contribution is 2.34. The highest BCUT2D eigenvalue weighted by Gasteiger charge is 2.24. The lowest BCUT2D eigenvalue weighted by Crippen LogP contribution is -2.26. The number of fused-ring (bicyclic) bond motifs is 1. The van der Waals surface area contributed by atoms with Crippen molar-refractivity contribution >= 4 is 11.1 Å². The van der Waals surface area contributed by atoms with Crippen LogP contribution in [0.25, 0.3) is 11.1 Å². The van der Waals surface area contributed by atoms with Crippen molar-refractivity contribution in [2.45, 2.75) is 38.1 Å². The van der Waals surface area contributed by atoms with E-state index in [0.29, 0.717) is 17.5 Å². The Kier molecular flexibility index (Phi) is 3.42. The molecule has 2 aromatic rings. The summed E-state index contributed by atoms with van der Waals surface area (Å²) >= 11 is 0. The smallest absolute Gasteiger partial charge is 0.408 e. The first kappa shape index (κ1) is 12.5. The number of oxazole rings is 1. The SMILES string of the molecule is CNC(c1ccc2[nH]c(=O)oc2c1)C1CCCCC1. The fourth-order valence-corrected chi connectivity index (χ4v) is 3.30. The number of nitrogens with one attached hydrogen (secondary N) is 2. The van der Waals surface area contributed by atoms with Crippen molar-refractivity contribution in [1.82, 2.24) is 10.3 Å². The maximum Gasteiger partial charge on any atom is 0.417 e. The molecule has 1 aromatic heterocycles. The molecule has 1 fully saturated rings. The Labute approximate surface area is 112 Å². The molecule has 0 saturated heterocycles. The summed E-state index contributed by atoms with van der Waals surface area (Å²) in [5.74, 6) is 0.299. The molecule has 1 unspecified atom stereocenters. The van der Waals surface area contributed by atoms with Gasteiger partial charge in [0.2, 0.25) is 0 Å². The van der Waals surface area contributed by atoms with E-state index >= 15 is 0 Å². The van der Waals surface area contributed by atoms with Gasteiger partial charge in [0.15, 0.2) is 5.58 Å². The van der Waals surface area contributed by atoms with E-state index in [1.807, 2.05) is 19.2 Å². The van der Waals surface area contributed by atoms with Gasteiger partial charge in [-0.1, -0.05) is 25.3 Å². The van der Waals surface area contributed by atoms with Crippen LogP contribution in [-0.2, 0) is 0 Å². The minimum absolute atomic E-state index is 0.352. The van der Waals surface area contributed by atoms with Gasteiger partial charge in [0.1, 0.15) is 0 Å². The number of hydrogen-bond acceptors (Lipinski definition) is 3. The van der Waals surface area contributed by atoms with Crippen molar-refractivity contribution < 1.29 is 4.42 Å². The minimum Gasteiger partial charge on any atom is -0.408 e. The Hall–Kier alpha value is -1.55. The number of hydrogen-bond donors (Lipinski definition) is 2. The summed E-state index contributed by atoms with van der Waals surface area (Å²) in [6, 6.07) is 6.36. The van der Waals surface area contributed by atoms with Crippen LogP contribution in [0, 0.1) is 5.92 Å². The molecule has 4 nitrogen and oxygen atoms in total. The first-order chi connectivity index (χ1) is 9.28. The summed E-state index contributed by atoms with van der Waals surface area (Å²) < 4.78 is 5.15. The van der Waals surface area contributed by atoms with Gasteiger partial charge in [-0.05, 0) is 43.5 Å². The molecule has 0 radical (unpaired) electrons. The molecule has 102 valence electrons. The van der Waals surface area contributed by atoms with E-state index in [1.165, 1.54) is 37.7 Å². The lowest BCUT2D eigenvalue weighted by Gasteiger charge is -2.30. The molecular formula is C15H20N2O2. The normalized spacial score (nSPS) is 18.8. The topological polar surface area (TPSA) is 58.0 Å². The molecule has 19 heavy (non-hydrogen) atoms. The second-order valence-corrected chi connectivity index (χ2v) is 5.43. The number of aromatic nitrogens is 1. The largest absolute Gasteiger partial charge is 0.417 e. The lowest BCUT2D eigenvalue weighted by molar-refractivity contribution is 0.281. The summed E-state index contributed by atoms with van der Waals surface area (Å²) in [4.78, 5) is 13.9. The third kappa shape index (κ3) is 2.45. The van der Waals surface area contributed by atoms with Crippen LogP contribution < -0.4 is 11.1 Å². The van der Waals surface area contributed by atoms with E-state index in [-0.39, 0.29) is 5.76 Å². The monoisotopic (exact) mass is 260 g/mol. The molecule has 3 rings (SSSR count). The predicted molar refractivity (Wildman–Crippen MR) is 75.2 cm³/mol. The molecule has 1 saturated carbocycles. The summed E-state index contributed by atoms with van der Waals surface area (Å²) in [7, 11) is 2.01. The maximum atomic E-state index is 11.2. The summed E-state index contributed by atoms with van der Waals surface area (Å²) in [6.45, 7) is 0. The molecule has 1 aromatic carbocycles. The fourth-order valence-electron chi connectivity index (χ4n) is 3.30. The average Bonchev–Trinajstić information content (AvgIpc) is 2.80. The first-order valence-electron chi connectivity index (χ1n) is 7.08. The van der Waals surface area contributed by atoms with Gasteiger partial charge in [0, 0.05) is 6.04 Å². The molecule has 2 N–H and O–H groups in total. The zero-order chi connectivity index (χ0) is 13.2. The van der Waals surface area contributed by atoms with Gasteiger partial charge in [-0.25, -0.2) is 4.79 Å². The number of rotatable bonds is 3. The Balaban J connectivity index is 1.93. The van der Waals surface area contributed by atoms with Gasteiger partial charge in [0.25, 0.3) is 0 Å². The average molecular weight is 260 g/mol. The van der Waals surface area contributed by atoms with Crippen LogP contribution in [0.5, 0.6) is 0 Å². The standard InChI is InChI=1S/C15H20N2O2/c1-16-14(10-5-3-2-4-6-10)11-7-8-12-13(9-11)19-15(18)17-12/h7-10,14,16H,2-6H2,1H3,(H,17,18). The first-order valence-corrected chi connectivity index (χ1v) is 7.08. The third-order valence-corrected chi connectivity index (χ3v) is 4.24. The Bertz CT molecular complexity index is 608. The maximum absolute atomic E-state index is 11.2. The molecule has 4 heteroatoms. The van der Waals surface area contributed by atoms with Gasteiger partial charge in [-0.3, -0.25) is 4.98 Å². The Morgan fingerprint density at radius 3 is 2.84 bits per heavy atom. The molecule has 1 aliphatic rings. The highest BCUT2D eigenvalue weighted by molar-refractivity contribution is 5.72. The lowest BCUT2D eigenvalue weighted by atomic mass is 9.81. The van der Waals surface area contributed by atoms with E-state index in [4.69, 9.17) is 4.42 Å².